The maximum Gasteiger partial charge on any atom is 0.513 e. The Hall–Kier alpha value is -5.19. The Morgan fingerprint density at radius 3 is 2.00 bits per heavy atom. The molecule has 11 nitrogen and oxygen atoms in total. The van der Waals surface area contributed by atoms with Crippen LogP contribution in [0.15, 0.2) is 79.4 Å². The smallest absolute Gasteiger partial charge is 0.494 e. The van der Waals surface area contributed by atoms with Crippen LogP contribution in [0.4, 0.5) is 4.79 Å². The molecular formula is C40H48O11. The van der Waals surface area contributed by atoms with Gasteiger partial charge in [0.05, 0.1) is 32.8 Å². The fourth-order valence-electron chi connectivity index (χ4n) is 5.02. The first-order chi connectivity index (χ1) is 24.7. The summed E-state index contributed by atoms with van der Waals surface area (Å²) in [5.74, 6) is -0.735. The Labute approximate surface area is 299 Å². The van der Waals surface area contributed by atoms with Crippen LogP contribution in [0.2, 0.25) is 0 Å². The number of allylic oxidation sites excluding steroid dienone is 1. The third-order valence-corrected chi connectivity index (χ3v) is 7.85. The second-order valence-corrected chi connectivity index (χ2v) is 12.0. The summed E-state index contributed by atoms with van der Waals surface area (Å²) in [7, 11) is 0. The van der Waals surface area contributed by atoms with Gasteiger partial charge in [0.2, 0.25) is 0 Å². The molecule has 0 saturated heterocycles. The van der Waals surface area contributed by atoms with E-state index in [9.17, 15) is 24.0 Å². The number of rotatable bonds is 22. The van der Waals surface area contributed by atoms with Crippen LogP contribution in [0.25, 0.3) is 6.08 Å². The minimum Gasteiger partial charge on any atom is -0.494 e. The molecule has 1 saturated carbocycles. The number of ketones is 1. The van der Waals surface area contributed by atoms with Crippen molar-refractivity contribution in [1.29, 1.82) is 0 Å². The van der Waals surface area contributed by atoms with E-state index in [1.807, 2.05) is 0 Å². The number of hydrogen-bond donors (Lipinski definition) is 0. The molecule has 0 heterocycles. The van der Waals surface area contributed by atoms with Gasteiger partial charge in [-0.15, -0.1) is 0 Å². The molecule has 0 aliphatic heterocycles. The third kappa shape index (κ3) is 16.9. The van der Waals surface area contributed by atoms with Gasteiger partial charge in [-0.05, 0) is 112 Å². The normalized spacial score (nSPS) is 12.8. The molecule has 0 unspecified atom stereocenters. The average Bonchev–Trinajstić information content (AvgIpc) is 3.14. The molecule has 11 heteroatoms. The predicted molar refractivity (Wildman–Crippen MR) is 190 cm³/mol. The second kappa shape index (κ2) is 23.3. The molecule has 1 aliphatic rings. The molecule has 1 fully saturated rings. The van der Waals surface area contributed by atoms with E-state index in [1.54, 1.807) is 54.6 Å². The molecule has 0 atom stereocenters. The maximum atomic E-state index is 12.6. The Morgan fingerprint density at radius 2 is 1.31 bits per heavy atom. The predicted octanol–water partition coefficient (Wildman–Crippen LogP) is 7.91. The van der Waals surface area contributed by atoms with E-state index >= 15 is 0 Å². The summed E-state index contributed by atoms with van der Waals surface area (Å²) in [6.45, 7) is 8.09. The lowest BCUT2D eigenvalue weighted by molar-refractivity contribution is -0.151. The lowest BCUT2D eigenvalue weighted by Gasteiger charge is -2.21. The Kier molecular flexibility index (Phi) is 18.4. The molecule has 0 bridgehead atoms. The summed E-state index contributed by atoms with van der Waals surface area (Å²) in [6, 6.07) is 13.5. The topological polar surface area (TPSA) is 141 Å². The van der Waals surface area contributed by atoms with E-state index < -0.39 is 24.1 Å². The molecular weight excluding hydrogens is 656 g/mol. The summed E-state index contributed by atoms with van der Waals surface area (Å²) in [4.78, 5) is 59.8. The molecule has 3 rings (SSSR count). The number of benzene rings is 2. The first-order valence-electron chi connectivity index (χ1n) is 17.5. The van der Waals surface area contributed by atoms with Crippen LogP contribution in [-0.4, -0.2) is 62.4 Å². The molecule has 0 amide bonds. The molecule has 0 spiro atoms. The first-order valence-corrected chi connectivity index (χ1v) is 17.5. The number of hydrogen-bond acceptors (Lipinski definition) is 11. The molecule has 2 aromatic rings. The van der Waals surface area contributed by atoms with Gasteiger partial charge in [-0.1, -0.05) is 37.8 Å². The van der Waals surface area contributed by atoms with E-state index in [1.165, 1.54) is 6.08 Å². The Balaban J connectivity index is 1.24. The van der Waals surface area contributed by atoms with Gasteiger partial charge in [0.25, 0.3) is 0 Å². The molecule has 0 radical (unpaired) electrons. The SMILES string of the molecule is C=CC(=O)OCCCCCCOc1ccc(C(=O)/C=C/c2ccc(OC(=O)OCCCCOC(=O)C(=C)CC(=O)OC3CCCCC3)cc2)cc1. The van der Waals surface area contributed by atoms with Gasteiger partial charge in [0.15, 0.2) is 5.78 Å². The van der Waals surface area contributed by atoms with Crippen LogP contribution >= 0.6 is 0 Å². The quantitative estimate of drug-likeness (QED) is 0.0295. The monoisotopic (exact) mass is 704 g/mol. The lowest BCUT2D eigenvalue weighted by Crippen LogP contribution is -2.22. The van der Waals surface area contributed by atoms with Gasteiger partial charge in [0.1, 0.15) is 17.6 Å². The van der Waals surface area contributed by atoms with Crippen LogP contribution in [0.1, 0.15) is 93.0 Å². The van der Waals surface area contributed by atoms with E-state index in [4.69, 9.17) is 28.4 Å². The fourth-order valence-corrected chi connectivity index (χ4v) is 5.02. The highest BCUT2D eigenvalue weighted by atomic mass is 16.7. The van der Waals surface area contributed by atoms with Crippen LogP contribution in [-0.2, 0) is 33.3 Å². The maximum absolute atomic E-state index is 12.6. The van der Waals surface area contributed by atoms with Gasteiger partial charge < -0.3 is 28.4 Å². The van der Waals surface area contributed by atoms with Crippen LogP contribution in [0.5, 0.6) is 11.5 Å². The number of carbonyl (C=O) groups excluding carboxylic acids is 5. The van der Waals surface area contributed by atoms with Crippen molar-refractivity contribution in [3.8, 4) is 11.5 Å². The molecule has 0 N–H and O–H groups in total. The zero-order valence-electron chi connectivity index (χ0n) is 29.1. The van der Waals surface area contributed by atoms with Gasteiger partial charge in [-0.2, -0.15) is 0 Å². The molecule has 51 heavy (non-hydrogen) atoms. The summed E-state index contributed by atoms with van der Waals surface area (Å²) >= 11 is 0. The Morgan fingerprint density at radius 1 is 0.706 bits per heavy atom. The highest BCUT2D eigenvalue weighted by Gasteiger charge is 2.20. The van der Waals surface area contributed by atoms with E-state index in [-0.39, 0.29) is 42.8 Å². The summed E-state index contributed by atoms with van der Waals surface area (Å²) in [5.41, 5.74) is 1.30. The van der Waals surface area contributed by atoms with E-state index in [0.29, 0.717) is 37.4 Å². The number of ether oxygens (including phenoxy) is 6. The third-order valence-electron chi connectivity index (χ3n) is 7.85. The van der Waals surface area contributed by atoms with Gasteiger partial charge >= 0.3 is 24.1 Å². The minimum atomic E-state index is -0.869. The van der Waals surface area contributed by atoms with Crippen LogP contribution in [0.3, 0.4) is 0 Å². The summed E-state index contributed by atoms with van der Waals surface area (Å²) < 4.78 is 31.5. The zero-order chi connectivity index (χ0) is 36.7. The van der Waals surface area contributed by atoms with Crippen LogP contribution in [0, 0.1) is 0 Å². The van der Waals surface area contributed by atoms with Crippen molar-refractivity contribution in [2.24, 2.45) is 0 Å². The molecule has 2 aromatic carbocycles. The van der Waals surface area contributed by atoms with Crippen molar-refractivity contribution in [2.45, 2.75) is 83.2 Å². The zero-order valence-corrected chi connectivity index (χ0v) is 29.1. The standard InChI is InChI=1S/C40H48O11/c1-3-37(42)47-26-10-5-4-9-25-46-33-22-18-32(19-23-33)36(41)24-17-31-15-20-35(21-16-31)51-40(45)49-28-12-11-27-48-39(44)30(2)29-38(43)50-34-13-7-6-8-14-34/h3,15-24,34H,1-2,4-14,25-29H2/b24-17+. The van der Waals surface area contributed by atoms with Crippen molar-refractivity contribution in [1.82, 2.24) is 0 Å². The lowest BCUT2D eigenvalue weighted by atomic mass is 9.98. The van der Waals surface area contributed by atoms with E-state index in [0.717, 1.165) is 69.4 Å². The number of carbonyl (C=O) groups is 5. The number of esters is 3. The molecule has 0 aromatic heterocycles. The van der Waals surface area contributed by atoms with Gasteiger partial charge in [0, 0.05) is 17.2 Å². The van der Waals surface area contributed by atoms with E-state index in [2.05, 4.69) is 13.2 Å². The summed E-state index contributed by atoms with van der Waals surface area (Å²) in [5, 5.41) is 0. The largest absolute Gasteiger partial charge is 0.513 e. The van der Waals surface area contributed by atoms with Crippen molar-refractivity contribution in [3.05, 3.63) is 90.5 Å². The van der Waals surface area contributed by atoms with Gasteiger partial charge in [-0.25, -0.2) is 14.4 Å². The Bertz CT molecular complexity index is 1470. The van der Waals surface area contributed by atoms with Crippen molar-refractivity contribution < 1.29 is 52.4 Å². The minimum absolute atomic E-state index is 0.0446. The van der Waals surface area contributed by atoms with Gasteiger partial charge in [-0.3, -0.25) is 9.59 Å². The fraction of sp³-hybridized carbons (Fsp3) is 0.425. The van der Waals surface area contributed by atoms with Crippen LogP contribution < -0.4 is 9.47 Å². The highest BCUT2D eigenvalue weighted by molar-refractivity contribution is 6.06. The molecule has 1 aliphatic carbocycles. The van der Waals surface area contributed by atoms with Crippen molar-refractivity contribution >= 4 is 35.9 Å². The first kappa shape index (κ1) is 40.2. The average molecular weight is 705 g/mol. The molecule has 274 valence electrons. The van der Waals surface area contributed by atoms with Crippen molar-refractivity contribution in [3.63, 3.8) is 0 Å². The second-order valence-electron chi connectivity index (χ2n) is 12.0. The van der Waals surface area contributed by atoms with Crippen molar-refractivity contribution in [2.75, 3.05) is 26.4 Å². The highest BCUT2D eigenvalue weighted by Crippen LogP contribution is 2.21. The number of unbranched alkanes of at least 4 members (excludes halogenated alkanes) is 4. The summed E-state index contributed by atoms with van der Waals surface area (Å²) in [6.07, 6.45) is 12.5.